The minimum Gasteiger partial charge on any atom is -0.492 e. The molecule has 0 radical (unpaired) electrons. The van der Waals surface area contributed by atoms with Crippen molar-refractivity contribution in [3.05, 3.63) is 29.8 Å². The molecule has 0 fully saturated rings. The zero-order valence-corrected chi connectivity index (χ0v) is 7.67. The molecule has 1 amide bonds. The maximum atomic E-state index is 12.6. The molecule has 1 aromatic rings. The van der Waals surface area contributed by atoms with Crippen LogP contribution in [0.5, 0.6) is 5.75 Å². The van der Waals surface area contributed by atoms with E-state index in [0.717, 1.165) is 18.2 Å². The molecule has 6 heteroatoms. The first-order chi connectivity index (χ1) is 7.08. The number of nitrogens with one attached hydrogen (secondary N) is 1. The highest BCUT2D eigenvalue weighted by molar-refractivity contribution is 5.64. The van der Waals surface area contributed by atoms with Gasteiger partial charge in [-0.3, -0.25) is 0 Å². The lowest BCUT2D eigenvalue weighted by Crippen LogP contribution is -2.26. The Morgan fingerprint density at radius 3 is 2.47 bits per heavy atom. The maximum absolute atomic E-state index is 12.6. The molecule has 0 spiro atoms. The number of carboxylic acid groups (broad SMARTS) is 1. The van der Waals surface area contributed by atoms with Crippen molar-refractivity contribution in [3.63, 3.8) is 0 Å². The van der Waals surface area contributed by atoms with E-state index < -0.39 is 17.7 Å². The SMILES string of the molecule is O=C(O)NCCOc1cc(F)cc(F)c1. The lowest BCUT2D eigenvalue weighted by Gasteiger charge is -2.06. The highest BCUT2D eigenvalue weighted by atomic mass is 19.1. The second-order valence-electron chi connectivity index (χ2n) is 2.69. The fourth-order valence-electron chi connectivity index (χ4n) is 0.939. The molecule has 1 rings (SSSR count). The van der Waals surface area contributed by atoms with Crippen LogP contribution in [0.4, 0.5) is 13.6 Å². The molecule has 0 aromatic heterocycles. The Labute approximate surface area is 84.5 Å². The Kier molecular flexibility index (Phi) is 3.84. The van der Waals surface area contributed by atoms with Gasteiger partial charge in [-0.05, 0) is 0 Å². The molecular formula is C9H9F2NO3. The Balaban J connectivity index is 2.40. The highest BCUT2D eigenvalue weighted by Crippen LogP contribution is 2.14. The fourth-order valence-corrected chi connectivity index (χ4v) is 0.939. The Morgan fingerprint density at radius 2 is 1.93 bits per heavy atom. The number of ether oxygens (including phenoxy) is 1. The van der Waals surface area contributed by atoms with Crippen LogP contribution in [0.25, 0.3) is 0 Å². The van der Waals surface area contributed by atoms with Crippen molar-refractivity contribution >= 4 is 6.09 Å². The van der Waals surface area contributed by atoms with Gasteiger partial charge in [0.1, 0.15) is 24.0 Å². The van der Waals surface area contributed by atoms with Crippen LogP contribution in [0.2, 0.25) is 0 Å². The molecule has 1 aromatic carbocycles. The van der Waals surface area contributed by atoms with E-state index in [2.05, 4.69) is 0 Å². The van der Waals surface area contributed by atoms with Crippen LogP contribution < -0.4 is 10.1 Å². The zero-order valence-electron chi connectivity index (χ0n) is 7.67. The summed E-state index contributed by atoms with van der Waals surface area (Å²) >= 11 is 0. The first-order valence-corrected chi connectivity index (χ1v) is 4.13. The van der Waals surface area contributed by atoms with Crippen molar-refractivity contribution in [2.24, 2.45) is 0 Å². The van der Waals surface area contributed by atoms with Gasteiger partial charge in [0.25, 0.3) is 0 Å². The molecule has 0 aliphatic heterocycles. The van der Waals surface area contributed by atoms with Crippen molar-refractivity contribution in [1.82, 2.24) is 5.32 Å². The smallest absolute Gasteiger partial charge is 0.404 e. The number of benzene rings is 1. The topological polar surface area (TPSA) is 58.6 Å². The van der Waals surface area contributed by atoms with E-state index in [0.29, 0.717) is 0 Å². The summed E-state index contributed by atoms with van der Waals surface area (Å²) < 4.78 is 30.2. The van der Waals surface area contributed by atoms with Gasteiger partial charge in [-0.25, -0.2) is 13.6 Å². The summed E-state index contributed by atoms with van der Waals surface area (Å²) in [5.41, 5.74) is 0. The molecule has 0 aliphatic carbocycles. The van der Waals surface area contributed by atoms with Crippen molar-refractivity contribution in [1.29, 1.82) is 0 Å². The summed E-state index contributed by atoms with van der Waals surface area (Å²) in [5, 5.41) is 10.3. The number of hydrogen-bond donors (Lipinski definition) is 2. The second-order valence-corrected chi connectivity index (χ2v) is 2.69. The van der Waals surface area contributed by atoms with Crippen LogP contribution in [0.3, 0.4) is 0 Å². The van der Waals surface area contributed by atoms with E-state index in [9.17, 15) is 13.6 Å². The third kappa shape index (κ3) is 4.26. The molecule has 0 atom stereocenters. The molecule has 4 nitrogen and oxygen atoms in total. The minimum atomic E-state index is -1.18. The quantitative estimate of drug-likeness (QED) is 0.753. The third-order valence-corrected chi connectivity index (χ3v) is 1.48. The molecule has 82 valence electrons. The van der Waals surface area contributed by atoms with Gasteiger partial charge >= 0.3 is 6.09 Å². The normalized spacial score (nSPS) is 9.73. The van der Waals surface area contributed by atoms with Crippen LogP contribution in [-0.4, -0.2) is 24.4 Å². The molecule has 0 unspecified atom stereocenters. The van der Waals surface area contributed by atoms with E-state index in [1.54, 1.807) is 0 Å². The number of amides is 1. The van der Waals surface area contributed by atoms with E-state index in [-0.39, 0.29) is 18.9 Å². The first-order valence-electron chi connectivity index (χ1n) is 4.13. The van der Waals surface area contributed by atoms with E-state index in [1.807, 2.05) is 5.32 Å². The van der Waals surface area contributed by atoms with Crippen molar-refractivity contribution in [3.8, 4) is 5.75 Å². The van der Waals surface area contributed by atoms with Crippen molar-refractivity contribution in [2.45, 2.75) is 0 Å². The summed E-state index contributed by atoms with van der Waals surface area (Å²) in [4.78, 5) is 10.0. The summed E-state index contributed by atoms with van der Waals surface area (Å²) in [6, 6.07) is 2.76. The molecule has 0 saturated heterocycles. The van der Waals surface area contributed by atoms with E-state index in [4.69, 9.17) is 9.84 Å². The number of hydrogen-bond acceptors (Lipinski definition) is 2. The molecule has 0 aliphatic rings. The van der Waals surface area contributed by atoms with Gasteiger partial charge < -0.3 is 15.2 Å². The molecule has 2 N–H and O–H groups in total. The fraction of sp³-hybridized carbons (Fsp3) is 0.222. The number of carbonyl (C=O) groups is 1. The standard InChI is InChI=1S/C9H9F2NO3/c10-6-3-7(11)5-8(4-6)15-2-1-12-9(13)14/h3-5,12H,1-2H2,(H,13,14). The highest BCUT2D eigenvalue weighted by Gasteiger charge is 2.01. The Hall–Kier alpha value is -1.85. The van der Waals surface area contributed by atoms with Crippen molar-refractivity contribution in [2.75, 3.05) is 13.2 Å². The largest absolute Gasteiger partial charge is 0.492 e. The van der Waals surface area contributed by atoms with E-state index >= 15 is 0 Å². The van der Waals surface area contributed by atoms with Crippen LogP contribution >= 0.6 is 0 Å². The predicted octanol–water partition coefficient (Wildman–Crippen LogP) is 1.61. The van der Waals surface area contributed by atoms with Gasteiger partial charge in [-0.15, -0.1) is 0 Å². The van der Waals surface area contributed by atoms with Crippen LogP contribution in [0.15, 0.2) is 18.2 Å². The third-order valence-electron chi connectivity index (χ3n) is 1.48. The van der Waals surface area contributed by atoms with Crippen LogP contribution in [0, 0.1) is 11.6 Å². The summed E-state index contributed by atoms with van der Waals surface area (Å²) in [5.74, 6) is -1.45. The lowest BCUT2D eigenvalue weighted by atomic mass is 10.3. The molecule has 0 heterocycles. The zero-order chi connectivity index (χ0) is 11.3. The van der Waals surface area contributed by atoms with Gasteiger partial charge in [-0.2, -0.15) is 0 Å². The minimum absolute atomic E-state index is 0.00912. The molecule has 0 bridgehead atoms. The predicted molar refractivity (Wildman–Crippen MR) is 47.9 cm³/mol. The molecule has 15 heavy (non-hydrogen) atoms. The molecular weight excluding hydrogens is 208 g/mol. The average molecular weight is 217 g/mol. The number of halogens is 2. The van der Waals surface area contributed by atoms with Crippen molar-refractivity contribution < 1.29 is 23.4 Å². The lowest BCUT2D eigenvalue weighted by molar-refractivity contribution is 0.191. The summed E-state index contributed by atoms with van der Waals surface area (Å²) in [6.07, 6.45) is -1.18. The first kappa shape index (κ1) is 11.2. The maximum Gasteiger partial charge on any atom is 0.404 e. The average Bonchev–Trinajstić information content (AvgIpc) is 2.10. The van der Waals surface area contributed by atoms with Gasteiger partial charge in [0.15, 0.2) is 0 Å². The van der Waals surface area contributed by atoms with E-state index in [1.165, 1.54) is 0 Å². The number of rotatable bonds is 4. The van der Waals surface area contributed by atoms with Gasteiger partial charge in [-0.1, -0.05) is 0 Å². The molecule has 0 saturated carbocycles. The van der Waals surface area contributed by atoms with Gasteiger partial charge in [0.05, 0.1) is 6.54 Å². The summed E-state index contributed by atoms with van der Waals surface area (Å²) in [6.45, 7) is 0.0582. The Morgan fingerprint density at radius 1 is 1.33 bits per heavy atom. The Bertz CT molecular complexity index is 337. The van der Waals surface area contributed by atoms with Gasteiger partial charge in [0.2, 0.25) is 0 Å². The van der Waals surface area contributed by atoms with Crippen LogP contribution in [0.1, 0.15) is 0 Å². The van der Waals surface area contributed by atoms with Crippen LogP contribution in [-0.2, 0) is 0 Å². The second kappa shape index (κ2) is 5.14. The monoisotopic (exact) mass is 217 g/mol. The van der Waals surface area contributed by atoms with Gasteiger partial charge in [0, 0.05) is 18.2 Å². The summed E-state index contributed by atoms with van der Waals surface area (Å²) in [7, 11) is 0.